The van der Waals surface area contributed by atoms with E-state index < -0.39 is 0 Å². The molecular formula is C28H27ClN6O2. The molecule has 3 aromatic carbocycles. The highest BCUT2D eigenvalue weighted by Crippen LogP contribution is 2.36. The van der Waals surface area contributed by atoms with Gasteiger partial charge in [0.2, 0.25) is 11.6 Å². The predicted molar refractivity (Wildman–Crippen MR) is 147 cm³/mol. The Hall–Kier alpha value is -4.17. The molecule has 4 aromatic rings. The SMILES string of the molecule is O=[N+]([O-])c1c(N2CCN(c3cccc(Cl)c3)CC2)ncnc1N(Cc1ccccc1)Cc1ccccc1. The van der Waals surface area contributed by atoms with Crippen LogP contribution in [-0.2, 0) is 13.1 Å². The summed E-state index contributed by atoms with van der Waals surface area (Å²) < 4.78 is 0. The van der Waals surface area contributed by atoms with Gasteiger partial charge in [0.25, 0.3) is 0 Å². The van der Waals surface area contributed by atoms with Crippen molar-refractivity contribution in [1.29, 1.82) is 0 Å². The first-order valence-electron chi connectivity index (χ1n) is 12.2. The maximum absolute atomic E-state index is 12.5. The lowest BCUT2D eigenvalue weighted by atomic mass is 10.1. The summed E-state index contributed by atoms with van der Waals surface area (Å²) in [6.07, 6.45) is 1.43. The van der Waals surface area contributed by atoms with E-state index in [2.05, 4.69) is 14.9 Å². The minimum atomic E-state index is -0.350. The second-order valence-corrected chi connectivity index (χ2v) is 9.34. The molecule has 1 saturated heterocycles. The van der Waals surface area contributed by atoms with E-state index in [-0.39, 0.29) is 10.6 Å². The van der Waals surface area contributed by atoms with E-state index in [1.807, 2.05) is 94.7 Å². The zero-order valence-corrected chi connectivity index (χ0v) is 21.0. The van der Waals surface area contributed by atoms with Gasteiger partial charge in [0, 0.05) is 50.0 Å². The molecular weight excluding hydrogens is 488 g/mol. The summed E-state index contributed by atoms with van der Waals surface area (Å²) in [6.45, 7) is 3.57. The molecule has 0 saturated carbocycles. The fourth-order valence-corrected chi connectivity index (χ4v) is 4.83. The third-order valence-electron chi connectivity index (χ3n) is 6.45. The van der Waals surface area contributed by atoms with Crippen molar-refractivity contribution in [3.8, 4) is 0 Å². The Bertz CT molecular complexity index is 1310. The Morgan fingerprint density at radius 1 is 0.811 bits per heavy atom. The molecule has 0 spiro atoms. The van der Waals surface area contributed by atoms with Gasteiger partial charge >= 0.3 is 5.69 Å². The number of halogens is 1. The smallest absolute Gasteiger partial charge is 0.353 e. The number of nitro groups is 1. The van der Waals surface area contributed by atoms with E-state index in [9.17, 15) is 10.1 Å². The van der Waals surface area contributed by atoms with Crippen LogP contribution in [0.3, 0.4) is 0 Å². The first kappa shape index (κ1) is 24.5. The minimum absolute atomic E-state index is 0.0643. The van der Waals surface area contributed by atoms with Crippen molar-refractivity contribution >= 4 is 34.6 Å². The molecule has 8 nitrogen and oxygen atoms in total. The van der Waals surface area contributed by atoms with Gasteiger partial charge in [-0.15, -0.1) is 0 Å². The maximum atomic E-state index is 12.5. The van der Waals surface area contributed by atoms with Gasteiger partial charge in [0.1, 0.15) is 6.33 Å². The van der Waals surface area contributed by atoms with Gasteiger partial charge < -0.3 is 14.7 Å². The third-order valence-corrected chi connectivity index (χ3v) is 6.69. The van der Waals surface area contributed by atoms with Crippen molar-refractivity contribution in [2.24, 2.45) is 0 Å². The van der Waals surface area contributed by atoms with Crippen LogP contribution in [0.25, 0.3) is 0 Å². The van der Waals surface area contributed by atoms with Crippen molar-refractivity contribution in [1.82, 2.24) is 9.97 Å². The van der Waals surface area contributed by atoms with E-state index in [1.165, 1.54) is 6.33 Å². The second-order valence-electron chi connectivity index (χ2n) is 8.91. The van der Waals surface area contributed by atoms with Crippen molar-refractivity contribution < 1.29 is 4.92 Å². The van der Waals surface area contributed by atoms with Crippen LogP contribution in [0.5, 0.6) is 0 Å². The van der Waals surface area contributed by atoms with Crippen LogP contribution in [-0.4, -0.2) is 41.1 Å². The molecule has 0 N–H and O–H groups in total. The van der Waals surface area contributed by atoms with Crippen molar-refractivity contribution in [3.63, 3.8) is 0 Å². The van der Waals surface area contributed by atoms with Gasteiger partial charge in [0.15, 0.2) is 0 Å². The van der Waals surface area contributed by atoms with Gasteiger partial charge in [-0.2, -0.15) is 0 Å². The molecule has 0 atom stereocenters. The van der Waals surface area contributed by atoms with Gasteiger partial charge in [-0.1, -0.05) is 78.3 Å². The quantitative estimate of drug-likeness (QED) is 0.224. The van der Waals surface area contributed by atoms with Gasteiger partial charge in [-0.05, 0) is 29.3 Å². The second kappa shape index (κ2) is 11.3. The molecule has 9 heteroatoms. The molecule has 37 heavy (non-hydrogen) atoms. The molecule has 0 unspecified atom stereocenters. The van der Waals surface area contributed by atoms with Gasteiger partial charge in [-0.3, -0.25) is 10.1 Å². The Labute approximate surface area is 220 Å². The topological polar surface area (TPSA) is 78.6 Å². The lowest BCUT2D eigenvalue weighted by Gasteiger charge is -2.36. The molecule has 0 bridgehead atoms. The predicted octanol–water partition coefficient (Wildman–Crippen LogP) is 5.57. The van der Waals surface area contributed by atoms with Crippen LogP contribution in [0, 0.1) is 10.1 Å². The maximum Gasteiger partial charge on any atom is 0.353 e. The molecule has 1 aliphatic rings. The molecule has 2 heterocycles. The van der Waals surface area contributed by atoms with Gasteiger partial charge in [-0.25, -0.2) is 9.97 Å². The largest absolute Gasteiger partial charge is 0.368 e. The summed E-state index contributed by atoms with van der Waals surface area (Å²) in [6, 6.07) is 27.6. The number of nitrogens with zero attached hydrogens (tertiary/aromatic N) is 6. The van der Waals surface area contributed by atoms with Crippen LogP contribution in [0.2, 0.25) is 5.02 Å². The summed E-state index contributed by atoms with van der Waals surface area (Å²) in [4.78, 5) is 27.1. The highest BCUT2D eigenvalue weighted by molar-refractivity contribution is 6.30. The molecule has 5 rings (SSSR count). The van der Waals surface area contributed by atoms with E-state index in [1.54, 1.807) is 0 Å². The number of hydrogen-bond donors (Lipinski definition) is 0. The van der Waals surface area contributed by atoms with Gasteiger partial charge in [0.05, 0.1) is 4.92 Å². The molecule has 1 aliphatic heterocycles. The number of anilines is 3. The first-order valence-corrected chi connectivity index (χ1v) is 12.5. The molecule has 1 fully saturated rings. The van der Waals surface area contributed by atoms with E-state index >= 15 is 0 Å². The Morgan fingerprint density at radius 2 is 1.41 bits per heavy atom. The lowest BCUT2D eigenvalue weighted by molar-refractivity contribution is -0.383. The number of piperazine rings is 1. The molecule has 188 valence electrons. The van der Waals surface area contributed by atoms with Crippen LogP contribution < -0.4 is 14.7 Å². The van der Waals surface area contributed by atoms with Crippen LogP contribution in [0.4, 0.5) is 23.0 Å². The third kappa shape index (κ3) is 5.81. The Kier molecular flexibility index (Phi) is 7.46. The fraction of sp³-hybridized carbons (Fsp3) is 0.214. The number of benzene rings is 3. The summed E-state index contributed by atoms with van der Waals surface area (Å²) in [7, 11) is 0. The van der Waals surface area contributed by atoms with Crippen LogP contribution >= 0.6 is 11.6 Å². The first-order chi connectivity index (χ1) is 18.1. The van der Waals surface area contributed by atoms with Crippen molar-refractivity contribution in [2.45, 2.75) is 13.1 Å². The number of hydrogen-bond acceptors (Lipinski definition) is 7. The normalized spacial score (nSPS) is 13.4. The van der Waals surface area contributed by atoms with Crippen LogP contribution in [0.15, 0.2) is 91.3 Å². The van der Waals surface area contributed by atoms with E-state index in [0.29, 0.717) is 55.9 Å². The molecule has 0 amide bonds. The molecule has 1 aromatic heterocycles. The standard InChI is InChI=1S/C28H27ClN6O2/c29-24-12-7-13-25(18-24)32-14-16-33(17-15-32)27-26(35(36)37)28(31-21-30-27)34(19-22-8-3-1-4-9-22)20-23-10-5-2-6-11-23/h1-13,18,21H,14-17,19-20H2. The summed E-state index contributed by atoms with van der Waals surface area (Å²) >= 11 is 6.17. The number of aromatic nitrogens is 2. The Morgan fingerprint density at radius 3 is 1.97 bits per heavy atom. The van der Waals surface area contributed by atoms with E-state index in [4.69, 9.17) is 11.6 Å². The average Bonchev–Trinajstić information content (AvgIpc) is 2.93. The summed E-state index contributed by atoms with van der Waals surface area (Å²) in [5.41, 5.74) is 3.07. The van der Waals surface area contributed by atoms with E-state index in [0.717, 1.165) is 16.8 Å². The summed E-state index contributed by atoms with van der Waals surface area (Å²) in [5.74, 6) is 0.673. The van der Waals surface area contributed by atoms with Crippen molar-refractivity contribution in [2.75, 3.05) is 40.9 Å². The molecule has 0 aliphatic carbocycles. The number of rotatable bonds is 8. The fourth-order valence-electron chi connectivity index (χ4n) is 4.65. The summed E-state index contributed by atoms with van der Waals surface area (Å²) in [5, 5.41) is 13.2. The minimum Gasteiger partial charge on any atom is -0.368 e. The highest BCUT2D eigenvalue weighted by atomic mass is 35.5. The zero-order valence-electron chi connectivity index (χ0n) is 20.3. The molecule has 0 radical (unpaired) electrons. The average molecular weight is 515 g/mol. The lowest BCUT2D eigenvalue weighted by Crippen LogP contribution is -2.47. The van der Waals surface area contributed by atoms with Crippen molar-refractivity contribution in [3.05, 3.63) is 118 Å². The monoisotopic (exact) mass is 514 g/mol. The highest BCUT2D eigenvalue weighted by Gasteiger charge is 2.32. The Balaban J connectivity index is 1.45. The van der Waals surface area contributed by atoms with Crippen LogP contribution in [0.1, 0.15) is 11.1 Å². The zero-order chi connectivity index (χ0) is 25.6.